The predicted molar refractivity (Wildman–Crippen MR) is 172 cm³/mol. The van der Waals surface area contributed by atoms with Crippen molar-refractivity contribution in [1.29, 1.82) is 0 Å². The Hall–Kier alpha value is -4.60. The molecule has 5 aromatic carbocycles. The average molecular weight is 531 g/mol. The molecule has 3 aromatic heterocycles. The van der Waals surface area contributed by atoms with Crippen LogP contribution in [0.25, 0.3) is 70.3 Å². The van der Waals surface area contributed by atoms with Crippen molar-refractivity contribution in [3.05, 3.63) is 127 Å². The summed E-state index contributed by atoms with van der Waals surface area (Å²) in [4.78, 5) is 0. The molecule has 40 heavy (non-hydrogen) atoms. The summed E-state index contributed by atoms with van der Waals surface area (Å²) in [6.45, 7) is 2.31. The zero-order valence-corrected chi connectivity index (χ0v) is 23.0. The molecule has 1 unspecified atom stereocenters. The van der Waals surface area contributed by atoms with Crippen molar-refractivity contribution in [2.75, 3.05) is 0 Å². The lowest BCUT2D eigenvalue weighted by Gasteiger charge is -2.17. The highest BCUT2D eigenvalue weighted by Crippen LogP contribution is 2.40. The first-order valence-corrected chi connectivity index (χ1v) is 14.8. The van der Waals surface area contributed by atoms with E-state index in [1.165, 1.54) is 75.5 Å². The molecule has 3 heteroatoms. The second-order valence-electron chi connectivity index (χ2n) is 11.1. The van der Waals surface area contributed by atoms with Crippen LogP contribution in [0.3, 0.4) is 0 Å². The monoisotopic (exact) mass is 530 g/mol. The Bertz CT molecular complexity index is 2320. The molecule has 0 spiro atoms. The van der Waals surface area contributed by atoms with Crippen LogP contribution in [-0.4, -0.2) is 9.13 Å². The van der Waals surface area contributed by atoms with Gasteiger partial charge in [-0.2, -0.15) is 0 Å². The van der Waals surface area contributed by atoms with E-state index in [0.717, 1.165) is 6.42 Å². The topological polar surface area (TPSA) is 9.86 Å². The molecule has 2 nitrogen and oxygen atoms in total. The predicted octanol–water partition coefficient (Wildman–Crippen LogP) is 10.3. The fourth-order valence-electron chi connectivity index (χ4n) is 6.86. The molecule has 1 aliphatic rings. The number of allylic oxidation sites excluding steroid dienone is 1. The first kappa shape index (κ1) is 22.2. The van der Waals surface area contributed by atoms with E-state index in [-0.39, 0.29) is 0 Å². The first-order valence-electron chi connectivity index (χ1n) is 14.0. The molecule has 3 heterocycles. The number of aromatic nitrogens is 2. The largest absolute Gasteiger partial charge is 0.313 e. The SMILES string of the molecule is CC1C=Cc2c(n(-c3ccc4c(c3)c3ccccc3n4-c3ccc4sc5ccccc5c4c3)c3ccccc23)C1. The van der Waals surface area contributed by atoms with E-state index >= 15 is 0 Å². The molecule has 9 rings (SSSR count). The Kier molecular flexibility index (Phi) is 4.56. The summed E-state index contributed by atoms with van der Waals surface area (Å²) in [5.74, 6) is 0.532. The molecule has 0 bridgehead atoms. The second kappa shape index (κ2) is 8.20. The lowest BCUT2D eigenvalue weighted by Crippen LogP contribution is -2.08. The molecule has 8 aromatic rings. The number of benzene rings is 5. The molecule has 1 aliphatic carbocycles. The van der Waals surface area contributed by atoms with Crippen molar-refractivity contribution in [3.8, 4) is 11.4 Å². The number of rotatable bonds is 2. The van der Waals surface area contributed by atoms with Crippen molar-refractivity contribution in [2.24, 2.45) is 5.92 Å². The van der Waals surface area contributed by atoms with E-state index in [0.29, 0.717) is 5.92 Å². The Balaban J connectivity index is 1.32. The lowest BCUT2D eigenvalue weighted by atomic mass is 9.95. The smallest absolute Gasteiger partial charge is 0.0542 e. The summed E-state index contributed by atoms with van der Waals surface area (Å²) >= 11 is 1.87. The number of nitrogens with zero attached hydrogens (tertiary/aromatic N) is 2. The van der Waals surface area contributed by atoms with Crippen LogP contribution in [-0.2, 0) is 6.42 Å². The molecule has 1 atom stereocenters. The number of hydrogen-bond acceptors (Lipinski definition) is 1. The van der Waals surface area contributed by atoms with Crippen LogP contribution in [0.1, 0.15) is 18.2 Å². The molecular formula is C37H26N2S. The first-order chi connectivity index (χ1) is 19.7. The summed E-state index contributed by atoms with van der Waals surface area (Å²) in [5.41, 5.74) is 8.98. The number of para-hydroxylation sites is 2. The normalized spacial score (nSPS) is 15.2. The minimum Gasteiger partial charge on any atom is -0.313 e. The van der Waals surface area contributed by atoms with Crippen LogP contribution in [0.2, 0.25) is 0 Å². The highest BCUT2D eigenvalue weighted by molar-refractivity contribution is 7.25. The standard InChI is InChI=1S/C37H26N2S/c1-23-14-17-28-26-8-2-5-11-32(26)39(35(28)20-23)24-15-18-34-30(21-24)27-9-3-6-12-33(27)38(34)25-16-19-37-31(22-25)29-10-4-7-13-36(29)40-37/h2-19,21-23H,20H2,1H3. The third-order valence-corrected chi connectivity index (χ3v) is 9.81. The Labute approximate surface area is 236 Å². The van der Waals surface area contributed by atoms with Gasteiger partial charge in [-0.1, -0.05) is 73.7 Å². The van der Waals surface area contributed by atoms with Gasteiger partial charge in [0.1, 0.15) is 0 Å². The van der Waals surface area contributed by atoms with Crippen LogP contribution in [0.5, 0.6) is 0 Å². The maximum Gasteiger partial charge on any atom is 0.0542 e. The molecule has 0 fully saturated rings. The van der Waals surface area contributed by atoms with Crippen molar-refractivity contribution >= 4 is 70.3 Å². The van der Waals surface area contributed by atoms with E-state index < -0.39 is 0 Å². The minimum absolute atomic E-state index is 0.532. The number of fused-ring (bicyclic) bond motifs is 9. The number of hydrogen-bond donors (Lipinski definition) is 0. The summed E-state index contributed by atoms with van der Waals surface area (Å²) in [6, 6.07) is 40.4. The molecule has 0 N–H and O–H groups in total. The molecule has 0 saturated heterocycles. The van der Waals surface area contributed by atoms with E-state index in [9.17, 15) is 0 Å². The van der Waals surface area contributed by atoms with Crippen molar-refractivity contribution < 1.29 is 0 Å². The average Bonchev–Trinajstić information content (AvgIpc) is 3.64. The summed E-state index contributed by atoms with van der Waals surface area (Å²) in [7, 11) is 0. The van der Waals surface area contributed by atoms with Gasteiger partial charge in [0.2, 0.25) is 0 Å². The third-order valence-electron chi connectivity index (χ3n) is 8.66. The van der Waals surface area contributed by atoms with Gasteiger partial charge >= 0.3 is 0 Å². The quantitative estimate of drug-likeness (QED) is 0.210. The molecular weight excluding hydrogens is 504 g/mol. The van der Waals surface area contributed by atoms with Crippen LogP contribution in [0.15, 0.2) is 115 Å². The van der Waals surface area contributed by atoms with Gasteiger partial charge < -0.3 is 9.13 Å². The zero-order chi connectivity index (χ0) is 26.4. The van der Waals surface area contributed by atoms with Crippen LogP contribution < -0.4 is 0 Å². The Morgan fingerprint density at radius 2 is 1.20 bits per heavy atom. The van der Waals surface area contributed by atoms with Gasteiger partial charge in [0.05, 0.1) is 16.6 Å². The zero-order valence-electron chi connectivity index (χ0n) is 22.1. The highest BCUT2D eigenvalue weighted by Gasteiger charge is 2.22. The van der Waals surface area contributed by atoms with E-state index in [1.54, 1.807) is 0 Å². The van der Waals surface area contributed by atoms with Gasteiger partial charge in [0, 0.05) is 59.0 Å². The van der Waals surface area contributed by atoms with Gasteiger partial charge in [-0.05, 0) is 66.9 Å². The second-order valence-corrected chi connectivity index (χ2v) is 12.2. The molecule has 0 amide bonds. The maximum absolute atomic E-state index is 2.50. The van der Waals surface area contributed by atoms with Crippen LogP contribution in [0.4, 0.5) is 0 Å². The van der Waals surface area contributed by atoms with Gasteiger partial charge in [0.25, 0.3) is 0 Å². The van der Waals surface area contributed by atoms with Gasteiger partial charge in [-0.3, -0.25) is 0 Å². The van der Waals surface area contributed by atoms with Gasteiger partial charge in [0.15, 0.2) is 0 Å². The lowest BCUT2D eigenvalue weighted by molar-refractivity contribution is 0.691. The molecule has 0 saturated carbocycles. The summed E-state index contributed by atoms with van der Waals surface area (Å²) < 4.78 is 7.61. The van der Waals surface area contributed by atoms with E-state index in [2.05, 4.69) is 137 Å². The highest BCUT2D eigenvalue weighted by atomic mass is 32.1. The fraction of sp³-hybridized carbons (Fsp3) is 0.0811. The van der Waals surface area contributed by atoms with Crippen molar-refractivity contribution in [2.45, 2.75) is 13.3 Å². The Morgan fingerprint density at radius 3 is 2.08 bits per heavy atom. The van der Waals surface area contributed by atoms with E-state index in [1.807, 2.05) is 11.3 Å². The molecule has 0 aliphatic heterocycles. The van der Waals surface area contributed by atoms with E-state index in [4.69, 9.17) is 0 Å². The van der Waals surface area contributed by atoms with Crippen LogP contribution in [0, 0.1) is 5.92 Å². The molecule has 190 valence electrons. The third kappa shape index (κ3) is 3.04. The summed E-state index contributed by atoms with van der Waals surface area (Å²) in [6.07, 6.45) is 5.73. The van der Waals surface area contributed by atoms with Gasteiger partial charge in [-0.15, -0.1) is 11.3 Å². The van der Waals surface area contributed by atoms with Crippen molar-refractivity contribution in [1.82, 2.24) is 9.13 Å². The molecule has 0 radical (unpaired) electrons. The summed E-state index contributed by atoms with van der Waals surface area (Å²) in [5, 5.41) is 6.56. The maximum atomic E-state index is 2.50. The number of thiophene rings is 1. The van der Waals surface area contributed by atoms with Crippen LogP contribution >= 0.6 is 11.3 Å². The fourth-order valence-corrected chi connectivity index (χ4v) is 7.95. The van der Waals surface area contributed by atoms with Gasteiger partial charge in [-0.25, -0.2) is 0 Å². The minimum atomic E-state index is 0.532. The van der Waals surface area contributed by atoms with Crippen molar-refractivity contribution in [3.63, 3.8) is 0 Å². The Morgan fingerprint density at radius 1 is 0.575 bits per heavy atom.